The topological polar surface area (TPSA) is 42.0 Å². The molecule has 3 nitrogen and oxygen atoms in total. The second-order valence-corrected chi connectivity index (χ2v) is 5.14. The van der Waals surface area contributed by atoms with E-state index in [1.165, 1.54) is 0 Å². The predicted molar refractivity (Wildman–Crippen MR) is 80.0 cm³/mol. The summed E-state index contributed by atoms with van der Waals surface area (Å²) in [5, 5.41) is 2.85. The molecule has 1 amide bonds. The molecule has 0 fully saturated rings. The van der Waals surface area contributed by atoms with Gasteiger partial charge in [0.1, 0.15) is 5.82 Å². The van der Waals surface area contributed by atoms with Crippen LogP contribution in [0.2, 0.25) is 0 Å². The number of carbonyl (C=O) groups is 1. The Balaban J connectivity index is 2.11. The summed E-state index contributed by atoms with van der Waals surface area (Å²) >= 11 is 3.32. The van der Waals surface area contributed by atoms with E-state index in [1.54, 1.807) is 12.3 Å². The minimum Gasteiger partial charge on any atom is -0.310 e. The fourth-order valence-electron chi connectivity index (χ4n) is 1.92. The largest absolute Gasteiger partial charge is 0.310 e. The first-order chi connectivity index (χ1) is 9.20. The van der Waals surface area contributed by atoms with Gasteiger partial charge in [-0.15, -0.1) is 0 Å². The first-order valence-corrected chi connectivity index (χ1v) is 6.97. The lowest BCUT2D eigenvalue weighted by Gasteiger charge is -2.14. The van der Waals surface area contributed by atoms with Crippen molar-refractivity contribution in [1.29, 1.82) is 0 Å². The van der Waals surface area contributed by atoms with Crippen molar-refractivity contribution in [2.45, 2.75) is 19.3 Å². The average Bonchev–Trinajstić information content (AvgIpc) is 2.43. The fraction of sp³-hybridized carbons (Fsp3) is 0.200. The Morgan fingerprint density at radius 1 is 1.26 bits per heavy atom. The lowest BCUT2D eigenvalue weighted by molar-refractivity contribution is -0.117. The number of nitrogens with zero attached hydrogens (tertiary/aromatic N) is 1. The number of benzene rings is 1. The van der Waals surface area contributed by atoms with Crippen LogP contribution in [0, 0.1) is 0 Å². The van der Waals surface area contributed by atoms with Crippen molar-refractivity contribution < 1.29 is 4.79 Å². The van der Waals surface area contributed by atoms with E-state index in [-0.39, 0.29) is 11.8 Å². The molecular weight excluding hydrogens is 304 g/mol. The number of pyridine rings is 1. The van der Waals surface area contributed by atoms with Crippen LogP contribution in [-0.2, 0) is 4.79 Å². The maximum atomic E-state index is 12.3. The summed E-state index contributed by atoms with van der Waals surface area (Å²) in [6.07, 6.45) is 2.42. The number of hydrogen-bond acceptors (Lipinski definition) is 2. The normalized spacial score (nSPS) is 11.9. The van der Waals surface area contributed by atoms with Gasteiger partial charge in [-0.2, -0.15) is 0 Å². The summed E-state index contributed by atoms with van der Waals surface area (Å²) in [6, 6.07) is 13.4. The van der Waals surface area contributed by atoms with Crippen molar-refractivity contribution in [1.82, 2.24) is 4.98 Å². The standard InChI is InChI=1S/C15H15BrN2O/c1-2-13(11-6-4-3-5-7-11)15(19)18-14-9-8-12(16)10-17-14/h3-10,13H,2H2,1H3,(H,17,18,19)/t13-/m1/s1. The first-order valence-electron chi connectivity index (χ1n) is 6.18. The Bertz CT molecular complexity index is 540. The maximum absolute atomic E-state index is 12.3. The molecule has 19 heavy (non-hydrogen) atoms. The van der Waals surface area contributed by atoms with Gasteiger partial charge < -0.3 is 5.32 Å². The Morgan fingerprint density at radius 3 is 2.58 bits per heavy atom. The van der Waals surface area contributed by atoms with Gasteiger partial charge in [-0.1, -0.05) is 37.3 Å². The minimum absolute atomic E-state index is 0.0245. The summed E-state index contributed by atoms with van der Waals surface area (Å²) in [6.45, 7) is 2.01. The van der Waals surface area contributed by atoms with Crippen molar-refractivity contribution in [2.24, 2.45) is 0 Å². The number of nitrogens with one attached hydrogen (secondary N) is 1. The van der Waals surface area contributed by atoms with Gasteiger partial charge in [0.25, 0.3) is 0 Å². The summed E-state index contributed by atoms with van der Waals surface area (Å²) < 4.78 is 0.889. The summed E-state index contributed by atoms with van der Waals surface area (Å²) in [5.41, 5.74) is 1.03. The zero-order chi connectivity index (χ0) is 13.7. The molecule has 1 heterocycles. The molecule has 4 heteroatoms. The molecule has 98 valence electrons. The Kier molecular flexibility index (Phi) is 4.68. The van der Waals surface area contributed by atoms with E-state index in [0.29, 0.717) is 5.82 Å². The van der Waals surface area contributed by atoms with Crippen molar-refractivity contribution in [3.63, 3.8) is 0 Å². The molecule has 2 aromatic rings. The second-order valence-electron chi connectivity index (χ2n) is 4.22. The van der Waals surface area contributed by atoms with E-state index in [1.807, 2.05) is 43.3 Å². The van der Waals surface area contributed by atoms with Gasteiger partial charge in [-0.25, -0.2) is 4.98 Å². The third-order valence-corrected chi connectivity index (χ3v) is 3.37. The molecule has 0 bridgehead atoms. The number of amides is 1. The monoisotopic (exact) mass is 318 g/mol. The quantitative estimate of drug-likeness (QED) is 0.926. The molecule has 0 unspecified atom stereocenters. The van der Waals surface area contributed by atoms with Crippen LogP contribution < -0.4 is 5.32 Å². The van der Waals surface area contributed by atoms with E-state index >= 15 is 0 Å². The third kappa shape index (κ3) is 3.64. The summed E-state index contributed by atoms with van der Waals surface area (Å²) in [7, 11) is 0. The van der Waals surface area contributed by atoms with Crippen LogP contribution in [0.15, 0.2) is 53.1 Å². The van der Waals surface area contributed by atoms with Crippen molar-refractivity contribution >= 4 is 27.7 Å². The predicted octanol–water partition coefficient (Wildman–Crippen LogP) is 3.98. The highest BCUT2D eigenvalue weighted by molar-refractivity contribution is 9.10. The average molecular weight is 319 g/mol. The molecule has 1 aromatic carbocycles. The molecule has 0 aliphatic carbocycles. The van der Waals surface area contributed by atoms with Crippen LogP contribution in [0.3, 0.4) is 0 Å². The van der Waals surface area contributed by atoms with Crippen molar-refractivity contribution in [2.75, 3.05) is 5.32 Å². The fourth-order valence-corrected chi connectivity index (χ4v) is 2.16. The van der Waals surface area contributed by atoms with Crippen LogP contribution in [0.1, 0.15) is 24.8 Å². The maximum Gasteiger partial charge on any atom is 0.233 e. The van der Waals surface area contributed by atoms with Crippen LogP contribution in [-0.4, -0.2) is 10.9 Å². The smallest absolute Gasteiger partial charge is 0.233 e. The van der Waals surface area contributed by atoms with Crippen LogP contribution in [0.5, 0.6) is 0 Å². The molecule has 0 aliphatic rings. The Labute approximate surface area is 121 Å². The van der Waals surface area contributed by atoms with Crippen LogP contribution in [0.25, 0.3) is 0 Å². The highest BCUT2D eigenvalue weighted by atomic mass is 79.9. The zero-order valence-electron chi connectivity index (χ0n) is 10.6. The highest BCUT2D eigenvalue weighted by Gasteiger charge is 2.18. The molecular formula is C15H15BrN2O. The van der Waals surface area contributed by atoms with Gasteiger partial charge in [0.15, 0.2) is 0 Å². The summed E-state index contributed by atoms with van der Waals surface area (Å²) in [4.78, 5) is 16.4. The zero-order valence-corrected chi connectivity index (χ0v) is 12.2. The Morgan fingerprint density at radius 2 is 2.00 bits per heavy atom. The minimum atomic E-state index is -0.147. The lowest BCUT2D eigenvalue weighted by atomic mass is 9.96. The van der Waals surface area contributed by atoms with Gasteiger partial charge in [0.2, 0.25) is 5.91 Å². The molecule has 1 aromatic heterocycles. The molecule has 1 atom stereocenters. The number of hydrogen-bond donors (Lipinski definition) is 1. The third-order valence-electron chi connectivity index (χ3n) is 2.91. The number of rotatable bonds is 4. The molecule has 0 saturated carbocycles. The number of halogens is 1. The van der Waals surface area contributed by atoms with Crippen molar-refractivity contribution in [3.8, 4) is 0 Å². The molecule has 1 N–H and O–H groups in total. The van der Waals surface area contributed by atoms with Gasteiger partial charge in [-0.05, 0) is 40.0 Å². The molecule has 0 spiro atoms. The van der Waals surface area contributed by atoms with E-state index in [9.17, 15) is 4.79 Å². The molecule has 0 saturated heterocycles. The molecule has 0 radical (unpaired) electrons. The van der Waals surface area contributed by atoms with Gasteiger partial charge >= 0.3 is 0 Å². The number of anilines is 1. The SMILES string of the molecule is CC[C@@H](C(=O)Nc1ccc(Br)cn1)c1ccccc1. The molecule has 0 aliphatic heterocycles. The first kappa shape index (κ1) is 13.7. The second kappa shape index (κ2) is 6.48. The summed E-state index contributed by atoms with van der Waals surface area (Å²) in [5.74, 6) is 0.401. The Hall–Kier alpha value is -1.68. The van der Waals surface area contributed by atoms with Gasteiger partial charge in [0.05, 0.1) is 5.92 Å². The van der Waals surface area contributed by atoms with E-state index in [0.717, 1.165) is 16.5 Å². The van der Waals surface area contributed by atoms with Crippen LogP contribution in [0.4, 0.5) is 5.82 Å². The highest BCUT2D eigenvalue weighted by Crippen LogP contribution is 2.21. The van der Waals surface area contributed by atoms with Crippen LogP contribution >= 0.6 is 15.9 Å². The van der Waals surface area contributed by atoms with E-state index < -0.39 is 0 Å². The molecule has 2 rings (SSSR count). The van der Waals surface area contributed by atoms with Gasteiger partial charge in [0, 0.05) is 10.7 Å². The number of carbonyl (C=O) groups excluding carboxylic acids is 1. The lowest BCUT2D eigenvalue weighted by Crippen LogP contribution is -2.21. The number of aromatic nitrogens is 1. The van der Waals surface area contributed by atoms with E-state index in [4.69, 9.17) is 0 Å². The van der Waals surface area contributed by atoms with Crippen molar-refractivity contribution in [3.05, 3.63) is 58.7 Å². The van der Waals surface area contributed by atoms with Gasteiger partial charge in [-0.3, -0.25) is 4.79 Å². The van der Waals surface area contributed by atoms with E-state index in [2.05, 4.69) is 26.2 Å².